The molecule has 0 heterocycles. The first-order valence-electron chi connectivity index (χ1n) is 4.63. The molecule has 3 unspecified atom stereocenters. The van der Waals surface area contributed by atoms with Gasteiger partial charge >= 0.3 is 0 Å². The molecule has 0 aromatic heterocycles. The van der Waals surface area contributed by atoms with Gasteiger partial charge < -0.3 is 10.8 Å². The lowest BCUT2D eigenvalue weighted by molar-refractivity contribution is 0.105. The van der Waals surface area contributed by atoms with Crippen molar-refractivity contribution in [1.29, 1.82) is 0 Å². The number of fused-ring (bicyclic) bond motifs is 1. The summed E-state index contributed by atoms with van der Waals surface area (Å²) in [5.74, 6) is 0.738. The van der Waals surface area contributed by atoms with Gasteiger partial charge in [0.2, 0.25) is 0 Å². The van der Waals surface area contributed by atoms with E-state index in [-0.39, 0.29) is 17.8 Å². The number of nitrogens with two attached hydrogens (primary N) is 1. The molecule has 2 fully saturated rings. The molecule has 3 atom stereocenters. The van der Waals surface area contributed by atoms with Gasteiger partial charge in [0.25, 0.3) is 0 Å². The zero-order valence-electron chi connectivity index (χ0n) is 7.33. The molecule has 0 bridgehead atoms. The van der Waals surface area contributed by atoms with Crippen LogP contribution >= 0.6 is 12.4 Å². The van der Waals surface area contributed by atoms with Crippen LogP contribution in [0, 0.1) is 11.3 Å². The van der Waals surface area contributed by atoms with Crippen molar-refractivity contribution in [2.75, 3.05) is 6.61 Å². The zero-order chi connectivity index (χ0) is 7.90. The molecule has 2 nitrogen and oxygen atoms in total. The van der Waals surface area contributed by atoms with E-state index in [2.05, 4.69) is 0 Å². The number of hydrogen-bond donors (Lipinski definition) is 2. The smallest absolute Gasteiger partial charge is 0.0490 e. The minimum absolute atomic E-state index is 0. The van der Waals surface area contributed by atoms with Crippen LogP contribution in [0.4, 0.5) is 0 Å². The summed E-state index contributed by atoms with van der Waals surface area (Å²) in [5.41, 5.74) is 6.12. The van der Waals surface area contributed by atoms with Crippen LogP contribution in [0.25, 0.3) is 0 Å². The highest BCUT2D eigenvalue weighted by Crippen LogP contribution is 2.53. The molecule has 0 radical (unpaired) electrons. The van der Waals surface area contributed by atoms with E-state index < -0.39 is 0 Å². The number of aliphatic hydroxyl groups is 1. The highest BCUT2D eigenvalue weighted by atomic mass is 35.5. The van der Waals surface area contributed by atoms with Crippen LogP contribution in [0.5, 0.6) is 0 Å². The van der Waals surface area contributed by atoms with Crippen LogP contribution in [-0.4, -0.2) is 17.8 Å². The van der Waals surface area contributed by atoms with E-state index in [1.54, 1.807) is 0 Å². The Morgan fingerprint density at radius 1 is 1.50 bits per heavy atom. The highest BCUT2D eigenvalue weighted by molar-refractivity contribution is 5.85. The molecule has 2 aliphatic carbocycles. The van der Waals surface area contributed by atoms with E-state index in [9.17, 15) is 5.11 Å². The Morgan fingerprint density at radius 2 is 2.25 bits per heavy atom. The zero-order valence-corrected chi connectivity index (χ0v) is 8.15. The Morgan fingerprint density at radius 3 is 2.83 bits per heavy atom. The second kappa shape index (κ2) is 3.52. The molecule has 0 saturated heterocycles. The number of rotatable bonds is 1. The molecular formula is C9H18ClNO. The van der Waals surface area contributed by atoms with E-state index in [0.717, 1.165) is 18.8 Å². The van der Waals surface area contributed by atoms with E-state index in [1.807, 2.05) is 0 Å². The van der Waals surface area contributed by atoms with Crippen molar-refractivity contribution in [3.05, 3.63) is 0 Å². The van der Waals surface area contributed by atoms with Gasteiger partial charge in [-0.3, -0.25) is 0 Å². The lowest BCUT2D eigenvalue weighted by Gasteiger charge is -2.26. The molecule has 2 saturated carbocycles. The van der Waals surface area contributed by atoms with Gasteiger partial charge in [-0.2, -0.15) is 0 Å². The summed E-state index contributed by atoms with van der Waals surface area (Å²) in [6, 6.07) is 0.368. The monoisotopic (exact) mass is 191 g/mol. The second-order valence-electron chi connectivity index (χ2n) is 4.31. The van der Waals surface area contributed by atoms with Crippen LogP contribution in [0.2, 0.25) is 0 Å². The van der Waals surface area contributed by atoms with Crippen molar-refractivity contribution >= 4 is 12.4 Å². The van der Waals surface area contributed by atoms with Gasteiger partial charge in [0.15, 0.2) is 0 Å². The first kappa shape index (κ1) is 10.3. The minimum Gasteiger partial charge on any atom is -0.396 e. The summed E-state index contributed by atoms with van der Waals surface area (Å²) in [6.07, 6.45) is 6.03. The summed E-state index contributed by atoms with van der Waals surface area (Å²) in [4.78, 5) is 0. The van der Waals surface area contributed by atoms with Crippen LogP contribution in [0.1, 0.15) is 32.1 Å². The fraction of sp³-hybridized carbons (Fsp3) is 1.00. The minimum atomic E-state index is 0. The lowest BCUT2D eigenvalue weighted by atomic mass is 9.81. The second-order valence-corrected chi connectivity index (χ2v) is 4.31. The molecule has 0 aliphatic heterocycles. The summed E-state index contributed by atoms with van der Waals surface area (Å²) in [5, 5.41) is 9.29. The van der Waals surface area contributed by atoms with E-state index >= 15 is 0 Å². The maximum absolute atomic E-state index is 9.29. The first-order chi connectivity index (χ1) is 5.27. The van der Waals surface area contributed by atoms with Crippen molar-refractivity contribution in [3.8, 4) is 0 Å². The van der Waals surface area contributed by atoms with Crippen molar-refractivity contribution in [2.24, 2.45) is 17.1 Å². The molecule has 0 spiro atoms. The molecule has 2 aliphatic rings. The van der Waals surface area contributed by atoms with Gasteiger partial charge in [0.1, 0.15) is 0 Å². The number of hydrogen-bond acceptors (Lipinski definition) is 2. The molecule has 0 aromatic rings. The Bertz CT molecular complexity index is 165. The molecule has 0 amide bonds. The van der Waals surface area contributed by atoms with Gasteiger partial charge in [-0.15, -0.1) is 12.4 Å². The third-order valence-electron chi connectivity index (χ3n) is 3.66. The number of halogens is 1. The summed E-state index contributed by atoms with van der Waals surface area (Å²) in [7, 11) is 0. The summed E-state index contributed by atoms with van der Waals surface area (Å²) in [6.45, 7) is 0.366. The highest BCUT2D eigenvalue weighted by Gasteiger charge is 2.48. The SMILES string of the molecule is Cl.NC1CC2CCCC2(CO)C1. The van der Waals surface area contributed by atoms with Crippen LogP contribution in [-0.2, 0) is 0 Å². The molecule has 3 heteroatoms. The normalized spacial score (nSPS) is 45.5. The fourth-order valence-corrected chi connectivity index (χ4v) is 3.09. The molecule has 2 rings (SSSR count). The topological polar surface area (TPSA) is 46.2 Å². The van der Waals surface area contributed by atoms with Gasteiger partial charge in [-0.25, -0.2) is 0 Å². The average molecular weight is 192 g/mol. The molecule has 3 N–H and O–H groups in total. The van der Waals surface area contributed by atoms with Crippen molar-refractivity contribution in [3.63, 3.8) is 0 Å². The Balaban J connectivity index is 0.000000720. The van der Waals surface area contributed by atoms with Crippen molar-refractivity contribution in [2.45, 2.75) is 38.1 Å². The van der Waals surface area contributed by atoms with Crippen LogP contribution < -0.4 is 5.73 Å². The standard InChI is InChI=1S/C9H17NO.ClH/c10-8-4-7-2-1-3-9(7,5-8)6-11;/h7-8,11H,1-6,10H2;1H. The Hall–Kier alpha value is 0.210. The maximum Gasteiger partial charge on any atom is 0.0490 e. The molecule has 72 valence electrons. The molecule has 0 aromatic carbocycles. The van der Waals surface area contributed by atoms with E-state index in [4.69, 9.17) is 5.73 Å². The third kappa shape index (κ3) is 1.36. The number of aliphatic hydroxyl groups excluding tert-OH is 1. The predicted octanol–water partition coefficient (Wildman–Crippen LogP) is 1.31. The quantitative estimate of drug-likeness (QED) is 0.657. The van der Waals surface area contributed by atoms with Gasteiger partial charge in [0, 0.05) is 12.6 Å². The third-order valence-corrected chi connectivity index (χ3v) is 3.66. The summed E-state index contributed by atoms with van der Waals surface area (Å²) < 4.78 is 0. The average Bonchev–Trinajstić information content (AvgIpc) is 2.43. The van der Waals surface area contributed by atoms with Crippen LogP contribution in [0.3, 0.4) is 0 Å². The van der Waals surface area contributed by atoms with E-state index in [1.165, 1.54) is 19.3 Å². The molecular weight excluding hydrogens is 174 g/mol. The Kier molecular flexibility index (Phi) is 3.02. The van der Waals surface area contributed by atoms with Gasteiger partial charge in [0.05, 0.1) is 0 Å². The maximum atomic E-state index is 9.29. The lowest BCUT2D eigenvalue weighted by Crippen LogP contribution is -2.26. The molecule has 12 heavy (non-hydrogen) atoms. The largest absolute Gasteiger partial charge is 0.396 e. The van der Waals surface area contributed by atoms with Gasteiger partial charge in [-0.1, -0.05) is 6.42 Å². The first-order valence-corrected chi connectivity index (χ1v) is 4.63. The van der Waals surface area contributed by atoms with Crippen molar-refractivity contribution < 1.29 is 5.11 Å². The van der Waals surface area contributed by atoms with E-state index in [0.29, 0.717) is 12.6 Å². The predicted molar refractivity (Wildman–Crippen MR) is 51.3 cm³/mol. The van der Waals surface area contributed by atoms with Crippen molar-refractivity contribution in [1.82, 2.24) is 0 Å². The fourth-order valence-electron chi connectivity index (χ4n) is 3.09. The Labute approximate surface area is 79.9 Å². The van der Waals surface area contributed by atoms with Gasteiger partial charge in [-0.05, 0) is 37.0 Å². The summed E-state index contributed by atoms with van der Waals surface area (Å²) >= 11 is 0. The van der Waals surface area contributed by atoms with Crippen LogP contribution in [0.15, 0.2) is 0 Å².